The maximum atomic E-state index is 10.8. The van der Waals surface area contributed by atoms with Crippen LogP contribution in [0.3, 0.4) is 0 Å². The standard InChI is InChI=1S/C9H17NO8/c10-5-3(12)1-9(17,8(15)16)18-7(5)6(14)4(13)2-11/h3-7,11-14,17H,1-2,10H2,(H,15,16)/t3?,4-,5?,6-,7-,9?/m1/s1. The number of nitrogens with two attached hydrogens (primary N) is 1. The first-order chi connectivity index (χ1) is 8.23. The fraction of sp³-hybridized carbons (Fsp3) is 0.889. The van der Waals surface area contributed by atoms with E-state index in [1.165, 1.54) is 0 Å². The lowest BCUT2D eigenvalue weighted by Crippen LogP contribution is -2.65. The summed E-state index contributed by atoms with van der Waals surface area (Å²) in [7, 11) is 0. The van der Waals surface area contributed by atoms with Gasteiger partial charge in [-0.1, -0.05) is 0 Å². The van der Waals surface area contributed by atoms with Crippen LogP contribution < -0.4 is 5.73 Å². The van der Waals surface area contributed by atoms with Gasteiger partial charge in [0.2, 0.25) is 0 Å². The summed E-state index contributed by atoms with van der Waals surface area (Å²) < 4.78 is 4.75. The number of aliphatic carboxylic acids is 1. The van der Waals surface area contributed by atoms with Crippen LogP contribution in [0.2, 0.25) is 0 Å². The molecule has 6 atom stereocenters. The average molecular weight is 267 g/mol. The Kier molecular flexibility index (Phi) is 4.61. The molecule has 1 fully saturated rings. The highest BCUT2D eigenvalue weighted by Crippen LogP contribution is 2.29. The van der Waals surface area contributed by atoms with Gasteiger partial charge in [-0.15, -0.1) is 0 Å². The molecule has 0 aromatic heterocycles. The number of carboxylic acid groups (broad SMARTS) is 1. The third kappa shape index (κ3) is 2.78. The minimum absolute atomic E-state index is 0.665. The molecule has 0 aromatic rings. The van der Waals surface area contributed by atoms with Crippen LogP contribution in [0.1, 0.15) is 6.42 Å². The monoisotopic (exact) mass is 267 g/mol. The van der Waals surface area contributed by atoms with Gasteiger partial charge in [-0.05, 0) is 0 Å². The highest BCUT2D eigenvalue weighted by molar-refractivity contribution is 5.75. The van der Waals surface area contributed by atoms with Gasteiger partial charge < -0.3 is 41.1 Å². The molecule has 0 bridgehead atoms. The molecule has 1 heterocycles. The molecule has 106 valence electrons. The molecule has 1 aliphatic rings. The molecule has 9 nitrogen and oxygen atoms in total. The summed E-state index contributed by atoms with van der Waals surface area (Å²) in [5, 5.41) is 55.5. The quantitative estimate of drug-likeness (QED) is 0.267. The van der Waals surface area contributed by atoms with Crippen molar-refractivity contribution in [2.24, 2.45) is 5.73 Å². The van der Waals surface area contributed by atoms with Crippen LogP contribution in [0.4, 0.5) is 0 Å². The van der Waals surface area contributed by atoms with E-state index in [0.717, 1.165) is 0 Å². The van der Waals surface area contributed by atoms with E-state index in [0.29, 0.717) is 0 Å². The van der Waals surface area contributed by atoms with E-state index in [1.807, 2.05) is 0 Å². The zero-order valence-electron chi connectivity index (χ0n) is 9.38. The van der Waals surface area contributed by atoms with Crippen LogP contribution in [-0.4, -0.2) is 79.5 Å². The molecule has 0 radical (unpaired) electrons. The van der Waals surface area contributed by atoms with Gasteiger partial charge in [0.1, 0.15) is 18.3 Å². The normalized spacial score (nSPS) is 40.2. The topological polar surface area (TPSA) is 174 Å². The lowest BCUT2D eigenvalue weighted by Gasteiger charge is -2.43. The molecule has 9 heteroatoms. The number of rotatable bonds is 4. The molecule has 1 rings (SSSR count). The molecular formula is C9H17NO8. The largest absolute Gasteiger partial charge is 0.477 e. The van der Waals surface area contributed by atoms with E-state index in [1.54, 1.807) is 0 Å². The molecule has 8 N–H and O–H groups in total. The highest BCUT2D eigenvalue weighted by atomic mass is 16.7. The van der Waals surface area contributed by atoms with Crippen molar-refractivity contribution in [3.05, 3.63) is 0 Å². The van der Waals surface area contributed by atoms with Gasteiger partial charge in [0.15, 0.2) is 0 Å². The fourth-order valence-corrected chi connectivity index (χ4v) is 1.75. The van der Waals surface area contributed by atoms with Crippen LogP contribution in [0.15, 0.2) is 0 Å². The van der Waals surface area contributed by atoms with Crippen LogP contribution in [0.5, 0.6) is 0 Å². The lowest BCUT2D eigenvalue weighted by molar-refractivity contribution is -0.292. The summed E-state index contributed by atoms with van der Waals surface area (Å²) in [5.41, 5.74) is 5.51. The third-order valence-corrected chi connectivity index (χ3v) is 2.89. The second-order valence-corrected chi connectivity index (χ2v) is 4.26. The highest BCUT2D eigenvalue weighted by Gasteiger charge is 2.52. The minimum atomic E-state index is -2.70. The van der Waals surface area contributed by atoms with Crippen LogP contribution >= 0.6 is 0 Å². The fourth-order valence-electron chi connectivity index (χ4n) is 1.75. The van der Waals surface area contributed by atoms with E-state index in [4.69, 9.17) is 20.7 Å². The lowest BCUT2D eigenvalue weighted by atomic mass is 9.89. The Morgan fingerprint density at radius 2 is 2.06 bits per heavy atom. The molecule has 3 unspecified atom stereocenters. The van der Waals surface area contributed by atoms with Gasteiger partial charge in [0, 0.05) is 6.42 Å². The Labute approximate surface area is 102 Å². The average Bonchev–Trinajstić information content (AvgIpc) is 2.31. The van der Waals surface area contributed by atoms with E-state index in [-0.39, 0.29) is 0 Å². The predicted molar refractivity (Wildman–Crippen MR) is 55.2 cm³/mol. The molecule has 0 aromatic carbocycles. The van der Waals surface area contributed by atoms with Gasteiger partial charge >= 0.3 is 5.97 Å². The number of ether oxygens (including phenoxy) is 1. The molecule has 1 saturated heterocycles. The Hall–Kier alpha value is -0.810. The van der Waals surface area contributed by atoms with Crippen molar-refractivity contribution in [2.45, 2.75) is 42.7 Å². The summed E-state index contributed by atoms with van der Waals surface area (Å²) in [5.74, 6) is -4.44. The predicted octanol–water partition coefficient (Wildman–Crippen LogP) is -4.05. The van der Waals surface area contributed by atoms with Gasteiger partial charge in [-0.2, -0.15) is 0 Å². The Balaban J connectivity index is 2.92. The maximum absolute atomic E-state index is 10.8. The maximum Gasteiger partial charge on any atom is 0.364 e. The summed E-state index contributed by atoms with van der Waals surface area (Å²) in [6, 6.07) is -1.21. The number of aliphatic hydroxyl groups is 5. The number of aliphatic hydroxyl groups excluding tert-OH is 4. The van der Waals surface area contributed by atoms with Crippen molar-refractivity contribution in [3.63, 3.8) is 0 Å². The second-order valence-electron chi connectivity index (χ2n) is 4.26. The first-order valence-corrected chi connectivity index (χ1v) is 5.27. The van der Waals surface area contributed by atoms with Crippen LogP contribution in [0.25, 0.3) is 0 Å². The SMILES string of the molecule is NC1C(O)CC(O)(C(=O)O)O[C@H]1[C@H](O)[C@H](O)CO. The number of hydrogen-bond donors (Lipinski definition) is 7. The van der Waals surface area contributed by atoms with Crippen molar-refractivity contribution in [1.82, 2.24) is 0 Å². The van der Waals surface area contributed by atoms with E-state index < -0.39 is 55.2 Å². The van der Waals surface area contributed by atoms with E-state index in [9.17, 15) is 25.2 Å². The Bertz CT molecular complexity index is 313. The smallest absolute Gasteiger partial charge is 0.364 e. The van der Waals surface area contributed by atoms with Gasteiger partial charge in [0.05, 0.1) is 18.8 Å². The summed E-state index contributed by atoms with van der Waals surface area (Å²) >= 11 is 0. The van der Waals surface area contributed by atoms with Crippen molar-refractivity contribution < 1.29 is 40.2 Å². The van der Waals surface area contributed by atoms with Gasteiger partial charge in [-0.25, -0.2) is 4.79 Å². The molecular weight excluding hydrogens is 250 g/mol. The summed E-state index contributed by atoms with van der Waals surface area (Å²) in [6.07, 6.45) is -7.01. The summed E-state index contributed by atoms with van der Waals surface area (Å²) in [6.45, 7) is -0.810. The van der Waals surface area contributed by atoms with Crippen molar-refractivity contribution >= 4 is 5.97 Å². The zero-order chi connectivity index (χ0) is 14.1. The second kappa shape index (κ2) is 5.45. The number of carbonyl (C=O) groups is 1. The molecule has 0 aliphatic carbocycles. The molecule has 18 heavy (non-hydrogen) atoms. The minimum Gasteiger partial charge on any atom is -0.477 e. The van der Waals surface area contributed by atoms with Gasteiger partial charge in [0.25, 0.3) is 5.79 Å². The molecule has 0 saturated carbocycles. The van der Waals surface area contributed by atoms with Crippen LogP contribution in [-0.2, 0) is 9.53 Å². The van der Waals surface area contributed by atoms with Crippen molar-refractivity contribution in [3.8, 4) is 0 Å². The Morgan fingerprint density at radius 3 is 2.50 bits per heavy atom. The van der Waals surface area contributed by atoms with Crippen molar-refractivity contribution in [1.29, 1.82) is 0 Å². The van der Waals surface area contributed by atoms with Gasteiger partial charge in [-0.3, -0.25) is 0 Å². The number of hydrogen-bond acceptors (Lipinski definition) is 8. The van der Waals surface area contributed by atoms with E-state index >= 15 is 0 Å². The molecule has 0 spiro atoms. The molecule has 1 aliphatic heterocycles. The summed E-state index contributed by atoms with van der Waals surface area (Å²) in [4.78, 5) is 10.8. The first kappa shape index (κ1) is 15.2. The Morgan fingerprint density at radius 1 is 1.50 bits per heavy atom. The number of carboxylic acids is 1. The third-order valence-electron chi connectivity index (χ3n) is 2.89. The van der Waals surface area contributed by atoms with E-state index in [2.05, 4.69) is 0 Å². The molecule has 0 amide bonds. The van der Waals surface area contributed by atoms with Crippen LogP contribution in [0, 0.1) is 0 Å². The van der Waals surface area contributed by atoms with Crippen molar-refractivity contribution in [2.75, 3.05) is 6.61 Å². The first-order valence-electron chi connectivity index (χ1n) is 5.27. The zero-order valence-corrected chi connectivity index (χ0v) is 9.38.